The van der Waals surface area contributed by atoms with E-state index in [9.17, 15) is 9.59 Å². The first-order valence-corrected chi connectivity index (χ1v) is 7.27. The van der Waals surface area contributed by atoms with Gasteiger partial charge in [0.2, 0.25) is 0 Å². The van der Waals surface area contributed by atoms with Crippen LogP contribution < -0.4 is 10.6 Å². The van der Waals surface area contributed by atoms with Crippen LogP contribution in [0, 0.1) is 6.92 Å². The van der Waals surface area contributed by atoms with Crippen LogP contribution in [0.1, 0.15) is 16.1 Å². The molecule has 24 heavy (non-hydrogen) atoms. The first-order valence-electron chi connectivity index (χ1n) is 7.27. The van der Waals surface area contributed by atoms with Crippen molar-refractivity contribution in [3.8, 4) is 5.69 Å². The fraction of sp³-hybridized carbons (Fsp3) is 0.0588. The summed E-state index contributed by atoms with van der Waals surface area (Å²) in [6, 6.07) is 12.1. The van der Waals surface area contributed by atoms with Gasteiger partial charge in [0.25, 0.3) is 5.91 Å². The average molecular weight is 321 g/mol. The Bertz CT molecular complexity index is 859. The van der Waals surface area contributed by atoms with Gasteiger partial charge in [-0.3, -0.25) is 15.1 Å². The summed E-state index contributed by atoms with van der Waals surface area (Å²) in [5, 5.41) is 9.06. The second-order valence-corrected chi connectivity index (χ2v) is 5.04. The molecule has 2 N–H and O–H groups in total. The van der Waals surface area contributed by atoms with Gasteiger partial charge in [-0.2, -0.15) is 5.10 Å². The van der Waals surface area contributed by atoms with Crippen LogP contribution >= 0.6 is 0 Å². The summed E-state index contributed by atoms with van der Waals surface area (Å²) in [6.45, 7) is 1.77. The maximum Gasteiger partial charge on any atom is 0.326 e. The molecule has 0 unspecified atom stereocenters. The van der Waals surface area contributed by atoms with E-state index in [1.54, 1.807) is 36.1 Å². The summed E-state index contributed by atoms with van der Waals surface area (Å²) < 4.78 is 1.65. The molecule has 0 aliphatic rings. The molecule has 0 saturated heterocycles. The number of urea groups is 1. The van der Waals surface area contributed by atoms with Crippen molar-refractivity contribution in [2.75, 3.05) is 5.32 Å². The molecule has 2 aromatic heterocycles. The van der Waals surface area contributed by atoms with Gasteiger partial charge in [-0.15, -0.1) is 0 Å². The average Bonchev–Trinajstić information content (AvgIpc) is 2.98. The fourth-order valence-electron chi connectivity index (χ4n) is 2.23. The quantitative estimate of drug-likeness (QED) is 0.776. The van der Waals surface area contributed by atoms with Crippen molar-refractivity contribution in [3.63, 3.8) is 0 Å². The lowest BCUT2D eigenvalue weighted by Gasteiger charge is -2.07. The maximum absolute atomic E-state index is 12.3. The van der Waals surface area contributed by atoms with Gasteiger partial charge in [-0.25, -0.2) is 9.48 Å². The molecule has 1 aromatic carbocycles. The summed E-state index contributed by atoms with van der Waals surface area (Å²) in [6.07, 6.45) is 4.54. The number of carbonyl (C=O) groups is 2. The van der Waals surface area contributed by atoms with Gasteiger partial charge in [0.15, 0.2) is 0 Å². The van der Waals surface area contributed by atoms with Crippen molar-refractivity contribution in [1.82, 2.24) is 20.1 Å². The van der Waals surface area contributed by atoms with E-state index in [1.165, 1.54) is 6.20 Å². The molecule has 0 aliphatic heterocycles. The van der Waals surface area contributed by atoms with Crippen LogP contribution in [-0.4, -0.2) is 26.7 Å². The van der Waals surface area contributed by atoms with Gasteiger partial charge in [-0.1, -0.05) is 18.2 Å². The lowest BCUT2D eigenvalue weighted by molar-refractivity contribution is 0.0966. The zero-order valence-electron chi connectivity index (χ0n) is 12.9. The van der Waals surface area contributed by atoms with Crippen LogP contribution in [0.5, 0.6) is 0 Å². The Balaban J connectivity index is 1.72. The molecule has 3 rings (SSSR count). The minimum Gasteiger partial charge on any atom is -0.308 e. The summed E-state index contributed by atoms with van der Waals surface area (Å²) >= 11 is 0. The van der Waals surface area contributed by atoms with E-state index in [0.29, 0.717) is 16.9 Å². The normalized spacial score (nSPS) is 10.2. The molecule has 0 radical (unpaired) electrons. The first-order chi connectivity index (χ1) is 11.6. The standard InChI is InChI=1S/C17H15N5O2/c1-12-15(11-19-22(12)14-5-3-2-4-6-14)16(23)21-17(24)20-13-7-9-18-10-8-13/h2-11H,1H3,(H2,18,20,21,23,24). The number of benzene rings is 1. The van der Waals surface area contributed by atoms with E-state index < -0.39 is 11.9 Å². The maximum atomic E-state index is 12.3. The van der Waals surface area contributed by atoms with E-state index in [2.05, 4.69) is 20.7 Å². The molecule has 0 saturated carbocycles. The molecule has 0 aliphatic carbocycles. The molecule has 120 valence electrons. The number of amides is 3. The highest BCUT2D eigenvalue weighted by molar-refractivity contribution is 6.08. The largest absolute Gasteiger partial charge is 0.326 e. The predicted octanol–water partition coefficient (Wildman–Crippen LogP) is 2.54. The van der Waals surface area contributed by atoms with Crippen molar-refractivity contribution in [1.29, 1.82) is 0 Å². The molecule has 0 spiro atoms. The highest BCUT2D eigenvalue weighted by Gasteiger charge is 2.17. The number of imide groups is 1. The van der Waals surface area contributed by atoms with E-state index in [4.69, 9.17) is 0 Å². The Morgan fingerprint density at radius 1 is 1.04 bits per heavy atom. The summed E-state index contributed by atoms with van der Waals surface area (Å²) in [7, 11) is 0. The fourth-order valence-corrected chi connectivity index (χ4v) is 2.23. The van der Waals surface area contributed by atoms with Crippen molar-refractivity contribution >= 4 is 17.6 Å². The molecule has 0 fully saturated rings. The number of carbonyl (C=O) groups excluding carboxylic acids is 2. The Morgan fingerprint density at radius 2 is 1.75 bits per heavy atom. The van der Waals surface area contributed by atoms with Crippen LogP contribution in [0.15, 0.2) is 61.1 Å². The van der Waals surface area contributed by atoms with Crippen LogP contribution in [0.4, 0.5) is 10.5 Å². The highest BCUT2D eigenvalue weighted by atomic mass is 16.2. The molecule has 7 nitrogen and oxygen atoms in total. The third-order valence-corrected chi connectivity index (χ3v) is 3.42. The second kappa shape index (κ2) is 6.74. The number of hydrogen-bond acceptors (Lipinski definition) is 4. The summed E-state index contributed by atoms with van der Waals surface area (Å²) in [5.74, 6) is -0.513. The highest BCUT2D eigenvalue weighted by Crippen LogP contribution is 2.13. The molecular formula is C17H15N5O2. The number of para-hydroxylation sites is 1. The van der Waals surface area contributed by atoms with Gasteiger partial charge < -0.3 is 5.32 Å². The van der Waals surface area contributed by atoms with E-state index in [0.717, 1.165) is 5.69 Å². The Labute approximate surface area is 138 Å². The van der Waals surface area contributed by atoms with Gasteiger partial charge in [0.05, 0.1) is 23.1 Å². The third kappa shape index (κ3) is 3.30. The van der Waals surface area contributed by atoms with Crippen molar-refractivity contribution in [3.05, 3.63) is 72.3 Å². The number of rotatable bonds is 3. The smallest absolute Gasteiger partial charge is 0.308 e. The number of nitrogens with zero attached hydrogens (tertiary/aromatic N) is 3. The van der Waals surface area contributed by atoms with Gasteiger partial charge >= 0.3 is 6.03 Å². The minimum absolute atomic E-state index is 0.337. The Hall–Kier alpha value is -3.48. The van der Waals surface area contributed by atoms with Crippen molar-refractivity contribution < 1.29 is 9.59 Å². The predicted molar refractivity (Wildman–Crippen MR) is 89.0 cm³/mol. The lowest BCUT2D eigenvalue weighted by Crippen LogP contribution is -2.34. The molecule has 3 amide bonds. The van der Waals surface area contributed by atoms with Gasteiger partial charge in [0, 0.05) is 18.1 Å². The Kier molecular flexibility index (Phi) is 4.33. The lowest BCUT2D eigenvalue weighted by atomic mass is 10.2. The van der Waals surface area contributed by atoms with Gasteiger partial charge in [0.1, 0.15) is 0 Å². The monoisotopic (exact) mass is 321 g/mol. The summed E-state index contributed by atoms with van der Waals surface area (Å²) in [4.78, 5) is 28.0. The summed E-state index contributed by atoms with van der Waals surface area (Å²) in [5.41, 5.74) is 2.38. The number of anilines is 1. The van der Waals surface area contributed by atoms with Crippen molar-refractivity contribution in [2.45, 2.75) is 6.92 Å². The number of pyridine rings is 1. The number of aromatic nitrogens is 3. The number of hydrogen-bond donors (Lipinski definition) is 2. The molecule has 0 atom stereocenters. The van der Waals surface area contributed by atoms with E-state index in [-0.39, 0.29) is 0 Å². The van der Waals surface area contributed by atoms with Crippen molar-refractivity contribution in [2.24, 2.45) is 0 Å². The topological polar surface area (TPSA) is 88.9 Å². The number of nitrogens with one attached hydrogen (secondary N) is 2. The van der Waals surface area contributed by atoms with Crippen LogP contribution in [0.2, 0.25) is 0 Å². The Morgan fingerprint density at radius 3 is 2.46 bits per heavy atom. The molecule has 2 heterocycles. The molecule has 7 heteroatoms. The van der Waals surface area contributed by atoms with E-state index in [1.807, 2.05) is 30.3 Å². The van der Waals surface area contributed by atoms with Gasteiger partial charge in [-0.05, 0) is 31.2 Å². The molecule has 0 bridgehead atoms. The second-order valence-electron chi connectivity index (χ2n) is 5.04. The zero-order valence-corrected chi connectivity index (χ0v) is 12.9. The minimum atomic E-state index is -0.613. The van der Waals surface area contributed by atoms with Crippen LogP contribution in [0.3, 0.4) is 0 Å². The zero-order chi connectivity index (χ0) is 16.9. The molecular weight excluding hydrogens is 306 g/mol. The third-order valence-electron chi connectivity index (χ3n) is 3.42. The van der Waals surface area contributed by atoms with Crippen LogP contribution in [0.25, 0.3) is 5.69 Å². The SMILES string of the molecule is Cc1c(C(=O)NC(=O)Nc2ccncc2)cnn1-c1ccccc1. The van der Waals surface area contributed by atoms with Crippen LogP contribution in [-0.2, 0) is 0 Å². The molecule has 3 aromatic rings. The van der Waals surface area contributed by atoms with E-state index >= 15 is 0 Å². The first kappa shape index (κ1) is 15.4.